The lowest BCUT2D eigenvalue weighted by Crippen LogP contribution is -2.58. The third kappa shape index (κ3) is 2.41. The van der Waals surface area contributed by atoms with Gasteiger partial charge in [-0.3, -0.25) is 14.3 Å². The Bertz CT molecular complexity index is 593. The molecule has 5 N–H and O–H groups in total. The molecule has 1 aliphatic heterocycles. The van der Waals surface area contributed by atoms with E-state index < -0.39 is 48.5 Å². The molecule has 1 aromatic rings. The Hall–Kier alpha value is -1.52. The van der Waals surface area contributed by atoms with Crippen molar-refractivity contribution in [2.45, 2.75) is 37.6 Å². The zero-order valence-electron chi connectivity index (χ0n) is 10.6. The number of hydrogen-bond acceptors (Lipinski definition) is 7. The fourth-order valence-corrected chi connectivity index (χ4v) is 2.09. The highest BCUT2D eigenvalue weighted by Crippen LogP contribution is 2.27. The van der Waals surface area contributed by atoms with Gasteiger partial charge in [0.25, 0.3) is 5.56 Å². The second-order valence-corrected chi connectivity index (χ2v) is 4.70. The van der Waals surface area contributed by atoms with Crippen LogP contribution in [-0.4, -0.2) is 61.0 Å². The van der Waals surface area contributed by atoms with E-state index in [1.165, 1.54) is 13.1 Å². The van der Waals surface area contributed by atoms with Crippen molar-refractivity contribution in [3.05, 3.63) is 32.6 Å². The Morgan fingerprint density at radius 1 is 1.25 bits per heavy atom. The predicted octanol–water partition coefficient (Wildman–Crippen LogP) is -3.18. The molecule has 0 amide bonds. The van der Waals surface area contributed by atoms with Crippen LogP contribution in [0.1, 0.15) is 11.8 Å². The normalized spacial score (nSPS) is 34.1. The van der Waals surface area contributed by atoms with Gasteiger partial charge >= 0.3 is 5.69 Å². The van der Waals surface area contributed by atoms with E-state index in [4.69, 9.17) is 9.84 Å². The fraction of sp³-hybridized carbons (Fsp3) is 0.636. The van der Waals surface area contributed by atoms with Gasteiger partial charge in [-0.1, -0.05) is 0 Å². The van der Waals surface area contributed by atoms with Crippen molar-refractivity contribution in [3.63, 3.8) is 0 Å². The molecule has 2 rings (SSSR count). The van der Waals surface area contributed by atoms with Crippen molar-refractivity contribution in [2.24, 2.45) is 0 Å². The van der Waals surface area contributed by atoms with Crippen LogP contribution in [-0.2, 0) is 4.74 Å². The lowest BCUT2D eigenvalue weighted by molar-refractivity contribution is -0.252. The van der Waals surface area contributed by atoms with Crippen molar-refractivity contribution in [1.29, 1.82) is 0 Å². The first-order chi connectivity index (χ1) is 9.36. The Kier molecular flexibility index (Phi) is 4.06. The molecule has 5 atom stereocenters. The SMILES string of the molecule is Cc1cn(C2O[C@H](CO)[C@H](O)[C@H](O)[C@H]2O)c(=O)[nH]c1=O. The zero-order chi connectivity index (χ0) is 15.0. The molecular weight excluding hydrogens is 272 g/mol. The number of rotatable bonds is 2. The Balaban J connectivity index is 2.44. The number of H-pyrrole nitrogens is 1. The maximum Gasteiger partial charge on any atom is 0.330 e. The maximum atomic E-state index is 11.7. The number of aliphatic hydroxyl groups is 4. The van der Waals surface area contributed by atoms with E-state index in [1.54, 1.807) is 0 Å². The van der Waals surface area contributed by atoms with Crippen LogP contribution < -0.4 is 11.2 Å². The van der Waals surface area contributed by atoms with Crippen LogP contribution in [0.4, 0.5) is 0 Å². The highest BCUT2D eigenvalue weighted by Gasteiger charge is 2.44. The highest BCUT2D eigenvalue weighted by molar-refractivity contribution is 5.03. The first-order valence-corrected chi connectivity index (χ1v) is 5.99. The Morgan fingerprint density at radius 2 is 1.90 bits per heavy atom. The van der Waals surface area contributed by atoms with Gasteiger partial charge in [0.05, 0.1) is 6.61 Å². The number of hydrogen-bond donors (Lipinski definition) is 5. The van der Waals surface area contributed by atoms with Crippen LogP contribution in [0.2, 0.25) is 0 Å². The number of ether oxygens (including phenoxy) is 1. The minimum atomic E-state index is -1.59. The van der Waals surface area contributed by atoms with Gasteiger partial charge in [0.2, 0.25) is 0 Å². The van der Waals surface area contributed by atoms with E-state index in [9.17, 15) is 24.9 Å². The minimum absolute atomic E-state index is 0.210. The number of aromatic nitrogens is 2. The third-order valence-electron chi connectivity index (χ3n) is 3.29. The van der Waals surface area contributed by atoms with E-state index in [0.717, 1.165) is 4.57 Å². The van der Waals surface area contributed by atoms with E-state index in [1.807, 2.05) is 4.98 Å². The van der Waals surface area contributed by atoms with Crippen molar-refractivity contribution in [1.82, 2.24) is 9.55 Å². The highest BCUT2D eigenvalue weighted by atomic mass is 16.6. The third-order valence-corrected chi connectivity index (χ3v) is 3.29. The van der Waals surface area contributed by atoms with Crippen LogP contribution >= 0.6 is 0 Å². The van der Waals surface area contributed by atoms with Gasteiger partial charge in [0, 0.05) is 11.8 Å². The number of aromatic amines is 1. The van der Waals surface area contributed by atoms with E-state index in [2.05, 4.69) is 0 Å². The number of aryl methyl sites for hydroxylation is 1. The molecule has 20 heavy (non-hydrogen) atoms. The Morgan fingerprint density at radius 3 is 2.50 bits per heavy atom. The fourth-order valence-electron chi connectivity index (χ4n) is 2.09. The summed E-state index contributed by atoms with van der Waals surface area (Å²) in [5, 5.41) is 38.3. The lowest BCUT2D eigenvalue weighted by Gasteiger charge is -2.40. The summed E-state index contributed by atoms with van der Waals surface area (Å²) in [6.45, 7) is 0.858. The standard InChI is InChI=1S/C11H16N2O7/c1-4-2-13(11(19)12-9(4)18)10-8(17)7(16)6(15)5(3-14)20-10/h2,5-8,10,14-17H,3H2,1H3,(H,12,18,19)/t5-,6+,7+,8-,10?/m1/s1. The Labute approximate surface area is 112 Å². The van der Waals surface area contributed by atoms with E-state index >= 15 is 0 Å². The van der Waals surface area contributed by atoms with E-state index in [-0.39, 0.29) is 5.56 Å². The summed E-state index contributed by atoms with van der Waals surface area (Å²) in [5.41, 5.74) is -1.19. The predicted molar refractivity (Wildman–Crippen MR) is 65.1 cm³/mol. The van der Waals surface area contributed by atoms with Crippen LogP contribution in [0, 0.1) is 6.92 Å². The topological polar surface area (TPSA) is 145 Å². The minimum Gasteiger partial charge on any atom is -0.394 e. The van der Waals surface area contributed by atoms with Gasteiger partial charge in [-0.05, 0) is 6.92 Å². The molecule has 0 spiro atoms. The summed E-state index contributed by atoms with van der Waals surface area (Å²) in [6, 6.07) is 0. The summed E-state index contributed by atoms with van der Waals surface area (Å²) in [7, 11) is 0. The summed E-state index contributed by atoms with van der Waals surface area (Å²) in [4.78, 5) is 25.1. The zero-order valence-corrected chi connectivity index (χ0v) is 10.6. The van der Waals surface area contributed by atoms with Crippen LogP contribution in [0.15, 0.2) is 15.8 Å². The van der Waals surface area contributed by atoms with Gasteiger partial charge in [-0.15, -0.1) is 0 Å². The molecule has 2 heterocycles. The van der Waals surface area contributed by atoms with Crippen molar-refractivity contribution in [3.8, 4) is 0 Å². The monoisotopic (exact) mass is 288 g/mol. The van der Waals surface area contributed by atoms with Crippen molar-refractivity contribution >= 4 is 0 Å². The molecule has 0 aliphatic carbocycles. The number of nitrogens with one attached hydrogen (secondary N) is 1. The molecule has 1 fully saturated rings. The summed E-state index contributed by atoms with van der Waals surface area (Å²) >= 11 is 0. The first-order valence-electron chi connectivity index (χ1n) is 5.99. The van der Waals surface area contributed by atoms with Gasteiger partial charge in [0.15, 0.2) is 6.23 Å². The van der Waals surface area contributed by atoms with Gasteiger partial charge in [0.1, 0.15) is 24.4 Å². The molecule has 1 aliphatic rings. The molecule has 9 nitrogen and oxygen atoms in total. The van der Waals surface area contributed by atoms with Crippen LogP contribution in [0.5, 0.6) is 0 Å². The lowest BCUT2D eigenvalue weighted by atomic mass is 9.98. The van der Waals surface area contributed by atoms with Gasteiger partial charge < -0.3 is 25.2 Å². The molecule has 1 unspecified atom stereocenters. The molecule has 9 heteroatoms. The number of aliphatic hydroxyl groups excluding tert-OH is 4. The molecule has 1 aromatic heterocycles. The molecule has 0 aromatic carbocycles. The molecule has 0 saturated carbocycles. The average molecular weight is 288 g/mol. The smallest absolute Gasteiger partial charge is 0.330 e. The second kappa shape index (κ2) is 5.46. The summed E-state index contributed by atoms with van der Waals surface area (Å²) < 4.78 is 6.13. The van der Waals surface area contributed by atoms with E-state index in [0.29, 0.717) is 0 Å². The maximum absolute atomic E-state index is 11.7. The summed E-state index contributed by atoms with van der Waals surface area (Å²) in [6.07, 6.45) is -5.97. The quantitative estimate of drug-likeness (QED) is 0.385. The largest absolute Gasteiger partial charge is 0.394 e. The van der Waals surface area contributed by atoms with Crippen molar-refractivity contribution in [2.75, 3.05) is 6.61 Å². The molecule has 0 radical (unpaired) electrons. The second-order valence-electron chi connectivity index (χ2n) is 4.70. The van der Waals surface area contributed by atoms with Crippen molar-refractivity contribution < 1.29 is 25.2 Å². The van der Waals surface area contributed by atoms with Crippen LogP contribution in [0.25, 0.3) is 0 Å². The molecule has 112 valence electrons. The van der Waals surface area contributed by atoms with Crippen LogP contribution in [0.3, 0.4) is 0 Å². The number of nitrogens with zero attached hydrogens (tertiary/aromatic N) is 1. The molecular formula is C11H16N2O7. The van der Waals surface area contributed by atoms with Gasteiger partial charge in [-0.2, -0.15) is 0 Å². The molecule has 0 bridgehead atoms. The summed E-state index contributed by atoms with van der Waals surface area (Å²) in [5.74, 6) is 0. The van der Waals surface area contributed by atoms with Gasteiger partial charge in [-0.25, -0.2) is 4.79 Å². The molecule has 1 saturated heterocycles. The first kappa shape index (κ1) is 14.9. The average Bonchev–Trinajstić information content (AvgIpc) is 2.41.